The average molecular weight is 344 g/mol. The van der Waals surface area contributed by atoms with Gasteiger partial charge in [-0.2, -0.15) is 0 Å². The van der Waals surface area contributed by atoms with Crippen LogP contribution in [0.3, 0.4) is 0 Å². The van der Waals surface area contributed by atoms with Gasteiger partial charge in [0, 0.05) is 37.9 Å². The zero-order valence-electron chi connectivity index (χ0n) is 14.8. The van der Waals surface area contributed by atoms with Crippen LogP contribution in [-0.2, 0) is 11.2 Å². The summed E-state index contributed by atoms with van der Waals surface area (Å²) in [4.78, 5) is 23.6. The fourth-order valence-corrected chi connectivity index (χ4v) is 3.65. The number of aliphatic hydroxyl groups is 1. The van der Waals surface area contributed by atoms with E-state index >= 15 is 0 Å². The number of nitrogens with one attached hydrogen (secondary N) is 1. The van der Waals surface area contributed by atoms with E-state index in [0.717, 1.165) is 62.4 Å². The van der Waals surface area contributed by atoms with Crippen molar-refractivity contribution in [3.63, 3.8) is 0 Å². The minimum atomic E-state index is 0.0234. The van der Waals surface area contributed by atoms with Crippen molar-refractivity contribution in [1.29, 1.82) is 0 Å². The number of carbonyl (C=O) groups excluding carboxylic acids is 1. The molecule has 0 radical (unpaired) electrons. The molecule has 2 aliphatic rings. The first kappa shape index (κ1) is 17.9. The van der Waals surface area contributed by atoms with Crippen molar-refractivity contribution in [3.8, 4) is 0 Å². The molecule has 1 atom stereocenters. The molecule has 0 saturated carbocycles. The van der Waals surface area contributed by atoms with Gasteiger partial charge in [-0.25, -0.2) is 9.97 Å². The maximum atomic E-state index is 12.0. The third-order valence-corrected chi connectivity index (χ3v) is 5.24. The van der Waals surface area contributed by atoms with Crippen molar-refractivity contribution < 1.29 is 9.90 Å². The summed E-state index contributed by atoms with van der Waals surface area (Å²) < 4.78 is 0. The van der Waals surface area contributed by atoms with Gasteiger partial charge in [0.1, 0.15) is 0 Å². The first-order valence-electron chi connectivity index (χ1n) is 9.33. The highest BCUT2D eigenvalue weighted by atomic mass is 16.3. The van der Waals surface area contributed by atoms with Gasteiger partial charge in [0.25, 0.3) is 0 Å². The van der Waals surface area contributed by atoms with Gasteiger partial charge in [-0.3, -0.25) is 4.79 Å². The lowest BCUT2D eigenvalue weighted by molar-refractivity contribution is -0.121. The summed E-state index contributed by atoms with van der Waals surface area (Å²) in [5.41, 5.74) is 2.13. The molecule has 3 rings (SSSR count). The van der Waals surface area contributed by atoms with Crippen molar-refractivity contribution in [2.45, 2.75) is 51.0 Å². The normalized spacial score (nSPS) is 20.8. The number of carbonyl (C=O) groups is 1. The molecule has 0 unspecified atom stereocenters. The van der Waals surface area contributed by atoms with Gasteiger partial charge in [-0.05, 0) is 44.4 Å². The quantitative estimate of drug-likeness (QED) is 0.773. The highest BCUT2D eigenvalue weighted by Crippen LogP contribution is 2.30. The van der Waals surface area contributed by atoms with E-state index in [1.807, 2.05) is 6.20 Å². The average Bonchev–Trinajstić information content (AvgIpc) is 2.66. The van der Waals surface area contributed by atoms with Crippen LogP contribution in [0, 0.1) is 5.92 Å². The summed E-state index contributed by atoms with van der Waals surface area (Å²) >= 11 is 0. The molecule has 25 heavy (non-hydrogen) atoms. The van der Waals surface area contributed by atoms with Crippen LogP contribution < -0.4 is 10.2 Å². The highest BCUT2D eigenvalue weighted by molar-refractivity contribution is 5.76. The number of allylic oxidation sites excluding steroid dienone is 1. The van der Waals surface area contributed by atoms with Gasteiger partial charge in [-0.1, -0.05) is 6.08 Å². The number of rotatable bonds is 6. The molecule has 136 valence electrons. The second-order valence-corrected chi connectivity index (χ2v) is 7.02. The Labute approximate surface area is 149 Å². The maximum Gasteiger partial charge on any atom is 0.225 e. The Bertz CT molecular complexity index is 611. The monoisotopic (exact) mass is 344 g/mol. The van der Waals surface area contributed by atoms with E-state index in [2.05, 4.69) is 21.8 Å². The van der Waals surface area contributed by atoms with Crippen LogP contribution in [0.15, 0.2) is 18.9 Å². The van der Waals surface area contributed by atoms with E-state index in [0.29, 0.717) is 18.8 Å². The predicted molar refractivity (Wildman–Crippen MR) is 97.3 cm³/mol. The summed E-state index contributed by atoms with van der Waals surface area (Å²) in [6.45, 7) is 5.72. The van der Waals surface area contributed by atoms with Gasteiger partial charge in [-0.15, -0.1) is 6.58 Å². The number of anilines is 1. The molecule has 6 nitrogen and oxygen atoms in total. The largest absolute Gasteiger partial charge is 0.396 e. The second kappa shape index (κ2) is 8.43. The Morgan fingerprint density at radius 1 is 1.40 bits per heavy atom. The Morgan fingerprint density at radius 3 is 2.92 bits per heavy atom. The molecule has 1 aromatic heterocycles. The third kappa shape index (κ3) is 4.37. The van der Waals surface area contributed by atoms with Crippen LogP contribution in [0.25, 0.3) is 0 Å². The molecule has 1 aliphatic heterocycles. The molecule has 1 amide bonds. The minimum Gasteiger partial charge on any atom is -0.396 e. The fourth-order valence-electron chi connectivity index (χ4n) is 3.65. The SMILES string of the molecule is C=CCCC(=O)N[C@H]1CCCc2nc(N3CCC(CO)CC3)ncc21. The van der Waals surface area contributed by atoms with Crippen molar-refractivity contribution in [2.24, 2.45) is 5.92 Å². The van der Waals surface area contributed by atoms with E-state index in [9.17, 15) is 9.90 Å². The number of piperidine rings is 1. The van der Waals surface area contributed by atoms with Crippen LogP contribution in [0.2, 0.25) is 0 Å². The van der Waals surface area contributed by atoms with Crippen molar-refractivity contribution in [3.05, 3.63) is 30.1 Å². The van der Waals surface area contributed by atoms with E-state index in [1.165, 1.54) is 0 Å². The third-order valence-electron chi connectivity index (χ3n) is 5.24. The predicted octanol–water partition coefficient (Wildman–Crippen LogP) is 2.15. The molecule has 1 saturated heterocycles. The van der Waals surface area contributed by atoms with Gasteiger partial charge >= 0.3 is 0 Å². The lowest BCUT2D eigenvalue weighted by Crippen LogP contribution is -2.36. The maximum absolute atomic E-state index is 12.0. The zero-order chi connectivity index (χ0) is 17.6. The zero-order valence-corrected chi connectivity index (χ0v) is 14.8. The smallest absolute Gasteiger partial charge is 0.225 e. The second-order valence-electron chi connectivity index (χ2n) is 7.02. The number of amides is 1. The van der Waals surface area contributed by atoms with Gasteiger partial charge in [0.2, 0.25) is 11.9 Å². The standard InChI is InChI=1S/C19H28N4O2/c1-2-3-7-18(25)21-16-5-4-6-17-15(16)12-20-19(22-17)23-10-8-14(13-24)9-11-23/h2,12,14,16,24H,1,3-11,13H2,(H,21,25)/t16-/m0/s1. The lowest BCUT2D eigenvalue weighted by atomic mass is 9.92. The van der Waals surface area contributed by atoms with Crippen molar-refractivity contribution in [2.75, 3.05) is 24.6 Å². The molecule has 1 fully saturated rings. The lowest BCUT2D eigenvalue weighted by Gasteiger charge is -2.32. The van der Waals surface area contributed by atoms with Crippen molar-refractivity contribution >= 4 is 11.9 Å². The molecule has 0 bridgehead atoms. The van der Waals surface area contributed by atoms with E-state index in [1.54, 1.807) is 6.08 Å². The summed E-state index contributed by atoms with van der Waals surface area (Å²) in [5, 5.41) is 12.4. The Kier molecular flexibility index (Phi) is 6.02. The van der Waals surface area contributed by atoms with Gasteiger partial charge in [0.15, 0.2) is 0 Å². The number of hydrogen-bond donors (Lipinski definition) is 2. The van der Waals surface area contributed by atoms with E-state index < -0.39 is 0 Å². The summed E-state index contributed by atoms with van der Waals surface area (Å²) in [6.07, 6.45) is 9.73. The molecule has 1 aromatic rings. The molecular weight excluding hydrogens is 316 g/mol. The van der Waals surface area contributed by atoms with Gasteiger partial charge < -0.3 is 15.3 Å². The summed E-state index contributed by atoms with van der Waals surface area (Å²) in [7, 11) is 0. The minimum absolute atomic E-state index is 0.0234. The number of hydrogen-bond acceptors (Lipinski definition) is 5. The first-order chi connectivity index (χ1) is 12.2. The Hall–Kier alpha value is -1.95. The summed E-state index contributed by atoms with van der Waals surface area (Å²) in [6, 6.07) is 0.0234. The van der Waals surface area contributed by atoms with Crippen molar-refractivity contribution in [1.82, 2.24) is 15.3 Å². The van der Waals surface area contributed by atoms with E-state index in [-0.39, 0.29) is 18.6 Å². The molecule has 1 aliphatic carbocycles. The Balaban J connectivity index is 1.67. The molecule has 6 heteroatoms. The number of fused-ring (bicyclic) bond motifs is 1. The van der Waals surface area contributed by atoms with Crippen LogP contribution in [0.1, 0.15) is 55.8 Å². The van der Waals surface area contributed by atoms with E-state index in [4.69, 9.17) is 4.98 Å². The number of aliphatic hydroxyl groups excluding tert-OH is 1. The van der Waals surface area contributed by atoms with Gasteiger partial charge in [0.05, 0.1) is 11.7 Å². The highest BCUT2D eigenvalue weighted by Gasteiger charge is 2.26. The van der Waals surface area contributed by atoms with Crippen LogP contribution in [0.4, 0.5) is 5.95 Å². The fraction of sp³-hybridized carbons (Fsp3) is 0.632. The molecule has 2 heterocycles. The molecule has 0 aromatic carbocycles. The molecule has 2 N–H and O–H groups in total. The number of nitrogens with zero attached hydrogens (tertiary/aromatic N) is 3. The summed E-state index contributed by atoms with van der Waals surface area (Å²) in [5.74, 6) is 1.26. The first-order valence-corrected chi connectivity index (χ1v) is 9.33. The number of aromatic nitrogens is 2. The van der Waals surface area contributed by atoms with Crippen LogP contribution in [0.5, 0.6) is 0 Å². The van der Waals surface area contributed by atoms with Crippen LogP contribution >= 0.6 is 0 Å². The number of aryl methyl sites for hydroxylation is 1. The topological polar surface area (TPSA) is 78.4 Å². The Morgan fingerprint density at radius 2 is 2.20 bits per heavy atom. The molecule has 0 spiro atoms. The van der Waals surface area contributed by atoms with Crippen LogP contribution in [-0.4, -0.2) is 40.7 Å². The molecular formula is C19H28N4O2.